The maximum atomic E-state index is 6.16. The fraction of sp³-hybridized carbons (Fsp3) is 0.368. The molecule has 0 atom stereocenters. The molecule has 0 saturated carbocycles. The highest BCUT2D eigenvalue weighted by Crippen LogP contribution is 2.35. The Bertz CT molecular complexity index is 613. The Balaban J connectivity index is 2.12. The van der Waals surface area contributed by atoms with E-state index in [-0.39, 0.29) is 11.0 Å². The van der Waals surface area contributed by atoms with E-state index < -0.39 is 0 Å². The van der Waals surface area contributed by atoms with Gasteiger partial charge in [-0.25, -0.2) is 0 Å². The van der Waals surface area contributed by atoms with Crippen molar-refractivity contribution in [3.8, 4) is 5.75 Å². The van der Waals surface area contributed by atoms with Gasteiger partial charge in [0.1, 0.15) is 11.4 Å². The normalized spacial score (nSPS) is 12.2. The van der Waals surface area contributed by atoms with Crippen molar-refractivity contribution in [2.45, 2.75) is 45.1 Å². The first-order chi connectivity index (χ1) is 10.2. The first kappa shape index (κ1) is 16.2. The average Bonchev–Trinajstić information content (AvgIpc) is 2.40. The van der Waals surface area contributed by atoms with E-state index in [2.05, 4.69) is 39.8 Å². The Morgan fingerprint density at radius 3 is 1.73 bits per heavy atom. The number of nitrogen functional groups attached to an aromatic ring is 2. The van der Waals surface area contributed by atoms with Crippen LogP contribution >= 0.6 is 0 Å². The second-order valence-corrected chi connectivity index (χ2v) is 7.11. The van der Waals surface area contributed by atoms with E-state index in [0.717, 1.165) is 23.5 Å². The topological polar surface area (TPSA) is 61.3 Å². The van der Waals surface area contributed by atoms with Crippen LogP contribution in [0.2, 0.25) is 0 Å². The molecule has 3 nitrogen and oxygen atoms in total. The minimum absolute atomic E-state index is 0.00892. The predicted octanol–water partition coefficient (Wildman–Crippen LogP) is 4.38. The molecule has 4 N–H and O–H groups in total. The molecule has 0 fully saturated rings. The van der Waals surface area contributed by atoms with Crippen LogP contribution in [0.5, 0.6) is 5.75 Å². The summed E-state index contributed by atoms with van der Waals surface area (Å²) in [6.45, 7) is 8.68. The van der Waals surface area contributed by atoms with Crippen molar-refractivity contribution in [1.82, 2.24) is 0 Å². The fourth-order valence-electron chi connectivity index (χ4n) is 2.99. The second kappa shape index (κ2) is 5.91. The highest BCUT2D eigenvalue weighted by atomic mass is 16.5. The van der Waals surface area contributed by atoms with Crippen LogP contribution in [0, 0.1) is 0 Å². The van der Waals surface area contributed by atoms with Gasteiger partial charge in [-0.2, -0.15) is 0 Å². The van der Waals surface area contributed by atoms with Gasteiger partial charge in [0.15, 0.2) is 0 Å². The molecule has 0 spiro atoms. The van der Waals surface area contributed by atoms with Gasteiger partial charge in [-0.05, 0) is 67.6 Å². The standard InChI is InChI=1S/C19H26N2O/c1-18(2,14-5-7-15(20)8-6-14)13-19(3,4)22-17-11-9-16(21)10-12-17/h5-12H,13,20-21H2,1-4H3. The van der Waals surface area contributed by atoms with Crippen molar-refractivity contribution in [2.24, 2.45) is 0 Å². The third kappa shape index (κ3) is 4.17. The lowest BCUT2D eigenvalue weighted by Gasteiger charge is -2.36. The van der Waals surface area contributed by atoms with Crippen LogP contribution in [-0.2, 0) is 5.41 Å². The van der Waals surface area contributed by atoms with E-state index in [0.29, 0.717) is 0 Å². The summed E-state index contributed by atoms with van der Waals surface area (Å²) in [5, 5.41) is 0. The highest BCUT2D eigenvalue weighted by molar-refractivity contribution is 5.42. The fourth-order valence-corrected chi connectivity index (χ4v) is 2.99. The van der Waals surface area contributed by atoms with E-state index in [9.17, 15) is 0 Å². The van der Waals surface area contributed by atoms with Gasteiger partial charge in [-0.1, -0.05) is 26.0 Å². The molecule has 0 heterocycles. The number of anilines is 2. The number of benzene rings is 2. The SMILES string of the molecule is CC(C)(CC(C)(C)c1ccc(N)cc1)Oc1ccc(N)cc1. The van der Waals surface area contributed by atoms with Crippen LogP contribution in [-0.4, -0.2) is 5.60 Å². The smallest absolute Gasteiger partial charge is 0.120 e. The van der Waals surface area contributed by atoms with E-state index in [4.69, 9.17) is 16.2 Å². The van der Waals surface area contributed by atoms with Crippen LogP contribution < -0.4 is 16.2 Å². The van der Waals surface area contributed by atoms with Gasteiger partial charge in [0.05, 0.1) is 0 Å². The van der Waals surface area contributed by atoms with Gasteiger partial charge >= 0.3 is 0 Å². The largest absolute Gasteiger partial charge is 0.488 e. The summed E-state index contributed by atoms with van der Waals surface area (Å²) in [5.74, 6) is 0.840. The number of rotatable bonds is 5. The Labute approximate surface area is 133 Å². The molecule has 0 amide bonds. The van der Waals surface area contributed by atoms with Crippen molar-refractivity contribution in [2.75, 3.05) is 11.5 Å². The summed E-state index contributed by atoms with van der Waals surface area (Å²) in [5.41, 5.74) is 14.0. The van der Waals surface area contributed by atoms with Crippen LogP contribution in [0.3, 0.4) is 0 Å². The summed E-state index contributed by atoms with van der Waals surface area (Å²) in [7, 11) is 0. The van der Waals surface area contributed by atoms with Gasteiger partial charge in [-0.3, -0.25) is 0 Å². The van der Waals surface area contributed by atoms with Crippen molar-refractivity contribution >= 4 is 11.4 Å². The maximum Gasteiger partial charge on any atom is 0.120 e. The number of hydrogen-bond acceptors (Lipinski definition) is 3. The summed E-state index contributed by atoms with van der Waals surface area (Å²) in [6, 6.07) is 15.6. The minimum Gasteiger partial charge on any atom is -0.488 e. The third-order valence-corrected chi connectivity index (χ3v) is 3.83. The van der Waals surface area contributed by atoms with Crippen molar-refractivity contribution < 1.29 is 4.74 Å². The van der Waals surface area contributed by atoms with Crippen LogP contribution in [0.25, 0.3) is 0 Å². The number of ether oxygens (including phenoxy) is 1. The molecule has 0 aliphatic carbocycles. The first-order valence-electron chi connectivity index (χ1n) is 7.59. The molecule has 0 aliphatic rings. The molecular formula is C19H26N2O. The lowest BCUT2D eigenvalue weighted by molar-refractivity contribution is 0.0766. The summed E-state index contributed by atoms with van der Waals surface area (Å²) in [6.07, 6.45) is 0.883. The molecular weight excluding hydrogens is 272 g/mol. The molecule has 118 valence electrons. The first-order valence-corrected chi connectivity index (χ1v) is 7.59. The Morgan fingerprint density at radius 2 is 1.23 bits per heavy atom. The van der Waals surface area contributed by atoms with Gasteiger partial charge in [0, 0.05) is 11.4 Å². The second-order valence-electron chi connectivity index (χ2n) is 7.11. The summed E-state index contributed by atoms with van der Waals surface area (Å²) >= 11 is 0. The monoisotopic (exact) mass is 298 g/mol. The quantitative estimate of drug-likeness (QED) is 0.805. The van der Waals surface area contributed by atoms with Crippen molar-refractivity contribution in [3.63, 3.8) is 0 Å². The van der Waals surface area contributed by atoms with Crippen LogP contribution in [0.4, 0.5) is 11.4 Å². The van der Waals surface area contributed by atoms with Gasteiger partial charge < -0.3 is 16.2 Å². The Kier molecular flexibility index (Phi) is 4.36. The average molecular weight is 298 g/mol. The van der Waals surface area contributed by atoms with Gasteiger partial charge in [-0.15, -0.1) is 0 Å². The zero-order valence-electron chi connectivity index (χ0n) is 13.9. The molecule has 0 bridgehead atoms. The minimum atomic E-state index is -0.291. The van der Waals surface area contributed by atoms with Gasteiger partial charge in [0.2, 0.25) is 0 Å². The predicted molar refractivity (Wildman–Crippen MR) is 94.1 cm³/mol. The molecule has 0 aromatic heterocycles. The molecule has 0 aliphatic heterocycles. The molecule has 2 aromatic carbocycles. The van der Waals surface area contributed by atoms with E-state index in [1.165, 1.54) is 5.56 Å². The van der Waals surface area contributed by atoms with Gasteiger partial charge in [0.25, 0.3) is 0 Å². The van der Waals surface area contributed by atoms with E-state index in [1.54, 1.807) is 0 Å². The molecule has 22 heavy (non-hydrogen) atoms. The van der Waals surface area contributed by atoms with Crippen molar-refractivity contribution in [1.29, 1.82) is 0 Å². The van der Waals surface area contributed by atoms with E-state index >= 15 is 0 Å². The lowest BCUT2D eigenvalue weighted by atomic mass is 9.76. The zero-order valence-corrected chi connectivity index (χ0v) is 13.9. The van der Waals surface area contributed by atoms with E-state index in [1.807, 2.05) is 36.4 Å². The molecule has 0 radical (unpaired) electrons. The van der Waals surface area contributed by atoms with Crippen LogP contribution in [0.15, 0.2) is 48.5 Å². The molecule has 0 saturated heterocycles. The molecule has 2 rings (SSSR count). The van der Waals surface area contributed by atoms with Crippen LogP contribution in [0.1, 0.15) is 39.7 Å². The molecule has 0 unspecified atom stereocenters. The number of hydrogen-bond donors (Lipinski definition) is 2. The molecule has 3 heteroatoms. The summed E-state index contributed by atoms with van der Waals surface area (Å²) in [4.78, 5) is 0. The lowest BCUT2D eigenvalue weighted by Crippen LogP contribution is -2.36. The maximum absolute atomic E-state index is 6.16. The Morgan fingerprint density at radius 1 is 0.773 bits per heavy atom. The van der Waals surface area contributed by atoms with Crippen molar-refractivity contribution in [3.05, 3.63) is 54.1 Å². The molecule has 2 aromatic rings. The summed E-state index contributed by atoms with van der Waals surface area (Å²) < 4.78 is 6.16. The third-order valence-electron chi connectivity index (χ3n) is 3.83. The highest BCUT2D eigenvalue weighted by Gasteiger charge is 2.31. The Hall–Kier alpha value is -2.16. The number of nitrogens with two attached hydrogens (primary N) is 2. The zero-order chi connectivity index (χ0) is 16.4.